The van der Waals surface area contributed by atoms with Crippen LogP contribution in [0, 0.1) is 0 Å². The van der Waals surface area contributed by atoms with Gasteiger partial charge in [-0.15, -0.1) is 10.2 Å². The van der Waals surface area contributed by atoms with Crippen molar-refractivity contribution in [3.63, 3.8) is 0 Å². The molecule has 0 amide bonds. The van der Waals surface area contributed by atoms with Crippen molar-refractivity contribution < 1.29 is 18.0 Å². The zero-order valence-corrected chi connectivity index (χ0v) is 18.5. The Bertz CT molecular complexity index is 927. The summed E-state index contributed by atoms with van der Waals surface area (Å²) in [6, 6.07) is 17.2. The lowest BCUT2D eigenvalue weighted by molar-refractivity contribution is 0.199. The Labute approximate surface area is 178 Å². The predicted octanol–water partition coefficient (Wildman–Crippen LogP) is 6.73. The molecule has 7 heteroatoms. The minimum Gasteiger partial charge on any atom is -0.416 e. The number of hydrogen-bond acceptors (Lipinski definition) is 6. The molecule has 1 aromatic heterocycles. The fourth-order valence-electron chi connectivity index (χ4n) is 2.84. The molecule has 2 aromatic carbocycles. The van der Waals surface area contributed by atoms with Crippen LogP contribution in [0.5, 0.6) is 0 Å². The second-order valence-corrected chi connectivity index (χ2v) is 9.17. The summed E-state index contributed by atoms with van der Waals surface area (Å²) in [5, 5.41) is 8.27. The molecule has 0 aliphatic heterocycles. The average molecular weight is 428 g/mol. The summed E-state index contributed by atoms with van der Waals surface area (Å²) >= 11 is 0. The molecule has 0 aliphatic rings. The minimum absolute atomic E-state index is 0.250. The summed E-state index contributed by atoms with van der Waals surface area (Å²) < 4.78 is 30.3. The third-order valence-electron chi connectivity index (χ3n) is 4.59. The van der Waals surface area contributed by atoms with E-state index in [1.807, 2.05) is 54.6 Å². The fourth-order valence-corrected chi connectivity index (χ4v) is 4.57. The lowest BCUT2D eigenvalue weighted by Gasteiger charge is -2.18. The van der Waals surface area contributed by atoms with Gasteiger partial charge in [0.05, 0.1) is 19.4 Å². The van der Waals surface area contributed by atoms with Gasteiger partial charge in [-0.3, -0.25) is 4.57 Å². The maximum Gasteiger partial charge on any atom is 0.335 e. The normalized spacial score (nSPS) is 11.7. The number of unbranched alkanes of at least 4 members (excludes halogenated alkanes) is 2. The average Bonchev–Trinajstić information content (AvgIpc) is 3.26. The highest BCUT2D eigenvalue weighted by Crippen LogP contribution is 2.51. The van der Waals surface area contributed by atoms with Crippen LogP contribution in [-0.2, 0) is 19.8 Å². The molecule has 0 unspecified atom stereocenters. The van der Waals surface area contributed by atoms with Gasteiger partial charge in [0.2, 0.25) is 11.8 Å². The first-order valence-electron chi connectivity index (χ1n) is 10.5. The third-order valence-corrected chi connectivity index (χ3v) is 6.50. The van der Waals surface area contributed by atoms with Gasteiger partial charge in [-0.1, -0.05) is 57.0 Å². The molecule has 3 rings (SSSR count). The first-order valence-corrected chi connectivity index (χ1v) is 12.2. The Morgan fingerprint density at radius 2 is 1.33 bits per heavy atom. The van der Waals surface area contributed by atoms with Crippen LogP contribution < -0.4 is 0 Å². The Kier molecular flexibility index (Phi) is 8.38. The van der Waals surface area contributed by atoms with E-state index in [9.17, 15) is 4.57 Å². The molecule has 0 N–H and O–H groups in total. The molecular formula is C23H29N2O4P. The zero-order chi connectivity index (χ0) is 21.2. The van der Waals surface area contributed by atoms with Crippen molar-refractivity contribution in [2.24, 2.45) is 0 Å². The van der Waals surface area contributed by atoms with Crippen molar-refractivity contribution in [1.82, 2.24) is 10.2 Å². The molecular weight excluding hydrogens is 399 g/mol. The van der Waals surface area contributed by atoms with E-state index >= 15 is 0 Å². The maximum absolute atomic E-state index is 13.2. The van der Waals surface area contributed by atoms with Gasteiger partial charge in [0, 0.05) is 11.1 Å². The highest BCUT2D eigenvalue weighted by atomic mass is 31.2. The molecule has 6 nitrogen and oxygen atoms in total. The predicted molar refractivity (Wildman–Crippen MR) is 118 cm³/mol. The quantitative estimate of drug-likeness (QED) is 0.235. The van der Waals surface area contributed by atoms with Crippen molar-refractivity contribution >= 4 is 7.60 Å². The van der Waals surface area contributed by atoms with E-state index < -0.39 is 7.60 Å². The summed E-state index contributed by atoms with van der Waals surface area (Å²) in [6.07, 6.45) is 3.94. The van der Waals surface area contributed by atoms with Crippen LogP contribution in [0.4, 0.5) is 0 Å². The van der Waals surface area contributed by atoms with Crippen LogP contribution in [-0.4, -0.2) is 23.4 Å². The summed E-state index contributed by atoms with van der Waals surface area (Å²) in [6.45, 7) is 5.04. The van der Waals surface area contributed by atoms with E-state index in [0.29, 0.717) is 25.0 Å². The highest BCUT2D eigenvalue weighted by Gasteiger charge is 2.25. The van der Waals surface area contributed by atoms with E-state index in [1.165, 1.54) is 0 Å². The van der Waals surface area contributed by atoms with E-state index in [2.05, 4.69) is 24.0 Å². The molecule has 0 bridgehead atoms. The fraction of sp³-hybridized carbons (Fsp3) is 0.391. The van der Waals surface area contributed by atoms with Crippen LogP contribution in [0.25, 0.3) is 22.9 Å². The lowest BCUT2D eigenvalue weighted by Crippen LogP contribution is -2.02. The van der Waals surface area contributed by atoms with Crippen LogP contribution in [0.15, 0.2) is 59.0 Å². The second kappa shape index (κ2) is 11.2. The van der Waals surface area contributed by atoms with E-state index in [0.717, 1.165) is 42.4 Å². The summed E-state index contributed by atoms with van der Waals surface area (Å²) in [5.74, 6) is 0.926. The summed E-state index contributed by atoms with van der Waals surface area (Å²) in [5.41, 5.74) is 2.57. The van der Waals surface area contributed by atoms with Gasteiger partial charge in [-0.05, 0) is 42.7 Å². The number of benzene rings is 2. The maximum atomic E-state index is 13.2. The van der Waals surface area contributed by atoms with Gasteiger partial charge in [-0.25, -0.2) is 0 Å². The zero-order valence-electron chi connectivity index (χ0n) is 17.6. The van der Waals surface area contributed by atoms with Gasteiger partial charge in [0.25, 0.3) is 0 Å². The number of nitrogens with zero attached hydrogens (tertiary/aromatic N) is 2. The smallest absolute Gasteiger partial charge is 0.335 e. The lowest BCUT2D eigenvalue weighted by atomic mass is 10.1. The number of aromatic nitrogens is 2. The molecule has 0 atom stereocenters. The summed E-state index contributed by atoms with van der Waals surface area (Å²) in [7, 11) is -3.18. The summed E-state index contributed by atoms with van der Waals surface area (Å²) in [4.78, 5) is 0. The van der Waals surface area contributed by atoms with Crippen molar-refractivity contribution in [2.45, 2.75) is 45.7 Å². The molecule has 0 fully saturated rings. The molecule has 0 aliphatic carbocycles. The Morgan fingerprint density at radius 1 is 0.800 bits per heavy atom. The SMILES string of the molecule is CCCCOP(=O)(Cc1ccc(-c2nnc(-c3ccccc3)o2)cc1)OCCCC. The van der Waals surface area contributed by atoms with Crippen molar-refractivity contribution in [1.29, 1.82) is 0 Å². The second-order valence-electron chi connectivity index (χ2n) is 7.12. The first-order chi connectivity index (χ1) is 14.6. The van der Waals surface area contributed by atoms with Crippen LogP contribution in [0.3, 0.4) is 0 Å². The molecule has 30 heavy (non-hydrogen) atoms. The molecule has 3 aromatic rings. The largest absolute Gasteiger partial charge is 0.416 e. The standard InChI is InChI=1S/C23H29N2O4P/c1-3-5-16-27-30(26,28-17-6-4-2)18-19-12-14-21(15-13-19)23-25-24-22(29-23)20-10-8-7-9-11-20/h7-15H,3-6,16-18H2,1-2H3. The number of hydrogen-bond donors (Lipinski definition) is 0. The number of rotatable bonds is 12. The minimum atomic E-state index is -3.18. The highest BCUT2D eigenvalue weighted by molar-refractivity contribution is 7.53. The van der Waals surface area contributed by atoms with Crippen LogP contribution in [0.2, 0.25) is 0 Å². The van der Waals surface area contributed by atoms with Crippen molar-refractivity contribution in [3.8, 4) is 22.9 Å². The Morgan fingerprint density at radius 3 is 1.87 bits per heavy atom. The van der Waals surface area contributed by atoms with Crippen molar-refractivity contribution in [2.75, 3.05) is 13.2 Å². The van der Waals surface area contributed by atoms with Gasteiger partial charge in [-0.2, -0.15) is 0 Å². The van der Waals surface area contributed by atoms with Gasteiger partial charge in [0.1, 0.15) is 0 Å². The van der Waals surface area contributed by atoms with Crippen LogP contribution >= 0.6 is 7.60 Å². The van der Waals surface area contributed by atoms with E-state index in [-0.39, 0.29) is 6.16 Å². The van der Waals surface area contributed by atoms with E-state index in [1.54, 1.807) is 0 Å². The van der Waals surface area contributed by atoms with Gasteiger partial charge in [0.15, 0.2) is 0 Å². The van der Waals surface area contributed by atoms with Crippen molar-refractivity contribution in [3.05, 3.63) is 60.2 Å². The van der Waals surface area contributed by atoms with Gasteiger partial charge < -0.3 is 13.5 Å². The topological polar surface area (TPSA) is 74.5 Å². The van der Waals surface area contributed by atoms with Crippen LogP contribution in [0.1, 0.15) is 45.1 Å². The molecule has 0 saturated carbocycles. The molecule has 0 saturated heterocycles. The van der Waals surface area contributed by atoms with Gasteiger partial charge >= 0.3 is 7.60 Å². The molecule has 160 valence electrons. The molecule has 0 radical (unpaired) electrons. The van der Waals surface area contributed by atoms with E-state index in [4.69, 9.17) is 13.5 Å². The monoisotopic (exact) mass is 428 g/mol. The third kappa shape index (κ3) is 6.36. The molecule has 0 spiro atoms. The Hall–Kier alpha value is -2.27. The first kappa shape index (κ1) is 22.4. The Balaban J connectivity index is 1.69. The molecule has 1 heterocycles.